The average molecular weight is 272 g/mol. The Hall–Kier alpha value is -1.51. The van der Waals surface area contributed by atoms with Gasteiger partial charge in [-0.2, -0.15) is 0 Å². The molecule has 0 amide bonds. The molecular formula is C11H16N2O6. The Bertz CT molecular complexity index is 356. The molecule has 0 aromatic carbocycles. The topological polar surface area (TPSA) is 85.4 Å². The number of ether oxygens (including phenoxy) is 3. The Morgan fingerprint density at radius 2 is 1.53 bits per heavy atom. The third-order valence-corrected chi connectivity index (χ3v) is 2.87. The first-order valence-electron chi connectivity index (χ1n) is 6.05. The molecule has 2 rings (SSSR count). The number of cyclic esters (lactones) is 3. The summed E-state index contributed by atoms with van der Waals surface area (Å²) in [7, 11) is 0. The molecule has 0 unspecified atom stereocenters. The van der Waals surface area contributed by atoms with Crippen LogP contribution in [0.5, 0.6) is 0 Å². The van der Waals surface area contributed by atoms with E-state index in [-0.39, 0.29) is 32.4 Å². The Morgan fingerprint density at radius 1 is 0.895 bits per heavy atom. The molecule has 0 spiro atoms. The number of morpholine rings is 1. The summed E-state index contributed by atoms with van der Waals surface area (Å²) >= 11 is 0. The van der Waals surface area contributed by atoms with Gasteiger partial charge in [-0.3, -0.25) is 24.2 Å². The van der Waals surface area contributed by atoms with Crippen LogP contribution in [0.15, 0.2) is 0 Å². The van der Waals surface area contributed by atoms with Crippen molar-refractivity contribution in [3.63, 3.8) is 0 Å². The lowest BCUT2D eigenvalue weighted by Gasteiger charge is -2.28. The molecule has 0 aromatic rings. The van der Waals surface area contributed by atoms with Crippen molar-refractivity contribution in [3.8, 4) is 0 Å². The minimum absolute atomic E-state index is 0.000852. The molecule has 2 saturated heterocycles. The first-order chi connectivity index (χ1) is 9.13. The first-order valence-corrected chi connectivity index (χ1v) is 6.05. The molecule has 0 aromatic heterocycles. The van der Waals surface area contributed by atoms with Crippen molar-refractivity contribution in [2.45, 2.75) is 0 Å². The van der Waals surface area contributed by atoms with E-state index in [2.05, 4.69) is 4.74 Å². The zero-order chi connectivity index (χ0) is 13.7. The molecule has 0 saturated carbocycles. The van der Waals surface area contributed by atoms with E-state index in [1.54, 1.807) is 4.90 Å². The highest BCUT2D eigenvalue weighted by atomic mass is 16.7. The third kappa shape index (κ3) is 4.58. The number of nitrogens with zero attached hydrogens (tertiary/aromatic N) is 2. The lowest BCUT2D eigenvalue weighted by molar-refractivity contribution is -0.168. The normalized spacial score (nSPS) is 23.5. The van der Waals surface area contributed by atoms with Crippen LogP contribution in [0.3, 0.4) is 0 Å². The van der Waals surface area contributed by atoms with Gasteiger partial charge >= 0.3 is 17.9 Å². The van der Waals surface area contributed by atoms with Gasteiger partial charge in [0.15, 0.2) is 6.79 Å². The summed E-state index contributed by atoms with van der Waals surface area (Å²) in [6.45, 7) is 2.54. The Kier molecular flexibility index (Phi) is 4.83. The summed E-state index contributed by atoms with van der Waals surface area (Å²) in [5, 5.41) is 0. The van der Waals surface area contributed by atoms with Crippen LogP contribution in [0.25, 0.3) is 0 Å². The highest BCUT2D eigenvalue weighted by Gasteiger charge is 2.25. The molecule has 2 aliphatic rings. The fourth-order valence-electron chi connectivity index (χ4n) is 1.91. The van der Waals surface area contributed by atoms with Crippen LogP contribution in [0.4, 0.5) is 0 Å². The van der Waals surface area contributed by atoms with E-state index in [9.17, 15) is 14.4 Å². The first kappa shape index (κ1) is 13.9. The van der Waals surface area contributed by atoms with E-state index in [1.807, 2.05) is 4.90 Å². The highest BCUT2D eigenvalue weighted by Crippen LogP contribution is 2.02. The Balaban J connectivity index is 1.78. The van der Waals surface area contributed by atoms with Crippen molar-refractivity contribution in [1.29, 1.82) is 0 Å². The lowest BCUT2D eigenvalue weighted by atomic mass is 10.3. The minimum atomic E-state index is -0.536. The van der Waals surface area contributed by atoms with Crippen LogP contribution in [-0.4, -0.2) is 80.4 Å². The van der Waals surface area contributed by atoms with E-state index in [0.29, 0.717) is 26.2 Å². The molecule has 0 aliphatic carbocycles. The van der Waals surface area contributed by atoms with Crippen LogP contribution in [0, 0.1) is 0 Å². The predicted octanol–water partition coefficient (Wildman–Crippen LogP) is -1.80. The maximum atomic E-state index is 11.3. The summed E-state index contributed by atoms with van der Waals surface area (Å²) in [4.78, 5) is 37.1. The molecule has 106 valence electrons. The summed E-state index contributed by atoms with van der Waals surface area (Å²) < 4.78 is 14.3. The van der Waals surface area contributed by atoms with E-state index in [0.717, 1.165) is 0 Å². The van der Waals surface area contributed by atoms with Gasteiger partial charge in [0, 0.05) is 19.6 Å². The van der Waals surface area contributed by atoms with Crippen LogP contribution < -0.4 is 0 Å². The number of carbonyl (C=O) groups excluding carboxylic acids is 3. The van der Waals surface area contributed by atoms with Gasteiger partial charge in [0.1, 0.15) is 0 Å². The van der Waals surface area contributed by atoms with Crippen molar-refractivity contribution in [3.05, 3.63) is 0 Å². The van der Waals surface area contributed by atoms with Crippen LogP contribution in [0.1, 0.15) is 0 Å². The lowest BCUT2D eigenvalue weighted by Crippen LogP contribution is -2.47. The van der Waals surface area contributed by atoms with Gasteiger partial charge in [0.05, 0.1) is 26.2 Å². The fourth-order valence-corrected chi connectivity index (χ4v) is 1.91. The van der Waals surface area contributed by atoms with Gasteiger partial charge in [-0.25, -0.2) is 0 Å². The summed E-state index contributed by atoms with van der Waals surface area (Å²) in [5.41, 5.74) is 0. The van der Waals surface area contributed by atoms with Crippen molar-refractivity contribution >= 4 is 17.9 Å². The quantitative estimate of drug-likeness (QED) is 0.439. The van der Waals surface area contributed by atoms with E-state index in [4.69, 9.17) is 9.47 Å². The number of hydrogen-bond donors (Lipinski definition) is 0. The molecule has 2 aliphatic heterocycles. The van der Waals surface area contributed by atoms with Gasteiger partial charge in [-0.05, 0) is 0 Å². The number of carbonyl (C=O) groups is 3. The zero-order valence-corrected chi connectivity index (χ0v) is 10.5. The van der Waals surface area contributed by atoms with Gasteiger partial charge < -0.3 is 14.2 Å². The average Bonchev–Trinajstić information content (AvgIpc) is 2.30. The van der Waals surface area contributed by atoms with E-state index < -0.39 is 11.9 Å². The molecule has 2 fully saturated rings. The van der Waals surface area contributed by atoms with Crippen LogP contribution >= 0.6 is 0 Å². The highest BCUT2D eigenvalue weighted by molar-refractivity contribution is 5.90. The van der Waals surface area contributed by atoms with Crippen molar-refractivity contribution in [2.75, 3.05) is 52.7 Å². The maximum Gasteiger partial charge on any atom is 0.327 e. The second-order valence-corrected chi connectivity index (χ2v) is 4.38. The van der Waals surface area contributed by atoms with Gasteiger partial charge in [0.25, 0.3) is 0 Å². The fraction of sp³-hybridized carbons (Fsp3) is 0.727. The molecular weight excluding hydrogens is 256 g/mol. The van der Waals surface area contributed by atoms with Gasteiger partial charge in [0.2, 0.25) is 0 Å². The summed E-state index contributed by atoms with van der Waals surface area (Å²) in [5.74, 6) is -1.41. The Labute approximate surface area is 110 Å². The summed E-state index contributed by atoms with van der Waals surface area (Å²) in [6.07, 6.45) is 0. The molecule has 0 atom stereocenters. The number of esters is 3. The third-order valence-electron chi connectivity index (χ3n) is 2.87. The van der Waals surface area contributed by atoms with Crippen LogP contribution in [-0.2, 0) is 28.6 Å². The monoisotopic (exact) mass is 272 g/mol. The molecule has 8 heteroatoms. The smallest absolute Gasteiger partial charge is 0.327 e. The molecule has 0 bridgehead atoms. The number of rotatable bonds is 3. The van der Waals surface area contributed by atoms with Gasteiger partial charge in [-0.1, -0.05) is 0 Å². The van der Waals surface area contributed by atoms with Crippen molar-refractivity contribution < 1.29 is 28.6 Å². The van der Waals surface area contributed by atoms with E-state index >= 15 is 0 Å². The molecule has 19 heavy (non-hydrogen) atoms. The largest absolute Gasteiger partial charge is 0.438 e. The van der Waals surface area contributed by atoms with Crippen LogP contribution in [0.2, 0.25) is 0 Å². The zero-order valence-electron chi connectivity index (χ0n) is 10.5. The maximum absolute atomic E-state index is 11.3. The molecule has 2 heterocycles. The predicted molar refractivity (Wildman–Crippen MR) is 60.9 cm³/mol. The SMILES string of the molecule is O=C1CN(CCN2CC(=O)OC(=O)C2)CCOCO1. The van der Waals surface area contributed by atoms with Crippen molar-refractivity contribution in [1.82, 2.24) is 9.80 Å². The minimum Gasteiger partial charge on any atom is -0.438 e. The second-order valence-electron chi connectivity index (χ2n) is 4.38. The molecule has 0 radical (unpaired) electrons. The number of hydrogen-bond acceptors (Lipinski definition) is 8. The second kappa shape index (κ2) is 6.60. The standard InChI is InChI=1S/C11H16N2O6/c14-9-5-12(3-4-17-8-18-9)1-2-13-6-10(15)19-11(16)7-13/h1-8H2. The molecule has 8 nitrogen and oxygen atoms in total. The van der Waals surface area contributed by atoms with E-state index in [1.165, 1.54) is 0 Å². The van der Waals surface area contributed by atoms with Gasteiger partial charge in [-0.15, -0.1) is 0 Å². The summed E-state index contributed by atoms with van der Waals surface area (Å²) in [6, 6.07) is 0. The molecule has 0 N–H and O–H groups in total. The van der Waals surface area contributed by atoms with Crippen molar-refractivity contribution in [2.24, 2.45) is 0 Å². The Morgan fingerprint density at radius 3 is 2.26 bits per heavy atom.